The van der Waals surface area contributed by atoms with Crippen molar-refractivity contribution in [1.82, 2.24) is 0 Å². The molecule has 4 heteroatoms. The van der Waals surface area contributed by atoms with Gasteiger partial charge in [0.1, 0.15) is 0 Å². The normalized spacial score (nSPS) is 9.07. The van der Waals surface area contributed by atoms with Crippen molar-refractivity contribution in [2.24, 2.45) is 5.92 Å². The van der Waals surface area contributed by atoms with E-state index >= 15 is 0 Å². The highest BCUT2D eigenvalue weighted by Crippen LogP contribution is 2.02. The maximum absolute atomic E-state index is 9.70. The summed E-state index contributed by atoms with van der Waals surface area (Å²) in [5.41, 5.74) is 1.01. The van der Waals surface area contributed by atoms with Crippen molar-refractivity contribution < 1.29 is 9.90 Å². The molecular weight excluding hydrogens is 228 g/mol. The molecule has 1 N–H and O–H groups in total. The highest BCUT2D eigenvalue weighted by molar-refractivity contribution is 8.11. The molecule has 0 aliphatic carbocycles. The fraction of sp³-hybridized carbons (Fsp3) is 0.273. The Morgan fingerprint density at radius 1 is 1.33 bits per heavy atom. The van der Waals surface area contributed by atoms with E-state index in [0.717, 1.165) is 5.56 Å². The average Bonchev–Trinajstić information content (AvgIpc) is 2.20. The first-order valence-electron chi connectivity index (χ1n) is 4.46. The highest BCUT2D eigenvalue weighted by atomic mass is 32.1. The van der Waals surface area contributed by atoms with Crippen LogP contribution in [-0.2, 0) is 4.79 Å². The van der Waals surface area contributed by atoms with Crippen molar-refractivity contribution in [3.63, 3.8) is 0 Å². The van der Waals surface area contributed by atoms with Gasteiger partial charge in [-0.05, 0) is 5.56 Å². The molecule has 1 aromatic rings. The van der Waals surface area contributed by atoms with Gasteiger partial charge in [-0.3, -0.25) is 4.79 Å². The smallest absolute Gasteiger partial charge is 0.305 e. The largest absolute Gasteiger partial charge is 0.481 e. The van der Waals surface area contributed by atoms with E-state index < -0.39 is 5.97 Å². The number of carbonyl (C=O) groups is 1. The van der Waals surface area contributed by atoms with E-state index in [9.17, 15) is 4.79 Å². The third kappa shape index (κ3) is 7.11. The Morgan fingerprint density at radius 3 is 1.93 bits per heavy atom. The molecule has 0 unspecified atom stereocenters. The fourth-order valence-corrected chi connectivity index (χ4v) is 0.866. The van der Waals surface area contributed by atoms with Crippen LogP contribution in [0.3, 0.4) is 0 Å². The summed E-state index contributed by atoms with van der Waals surface area (Å²) in [6, 6.07) is 9.72. The van der Waals surface area contributed by atoms with Crippen LogP contribution in [0.15, 0.2) is 30.3 Å². The molecule has 0 heterocycles. The maximum atomic E-state index is 9.70. The summed E-state index contributed by atoms with van der Waals surface area (Å²) in [5.74, 6) is -0.972. The number of hydrogen-bond donors (Lipinski definition) is 2. The van der Waals surface area contributed by atoms with E-state index in [2.05, 4.69) is 12.6 Å². The lowest BCUT2D eigenvalue weighted by Gasteiger charge is -1.91. The van der Waals surface area contributed by atoms with Gasteiger partial charge < -0.3 is 5.11 Å². The van der Waals surface area contributed by atoms with E-state index in [-0.39, 0.29) is 5.92 Å². The quantitative estimate of drug-likeness (QED) is 0.618. The minimum Gasteiger partial charge on any atom is -0.481 e. The van der Waals surface area contributed by atoms with Crippen LogP contribution in [0.5, 0.6) is 0 Å². The zero-order chi connectivity index (χ0) is 11.8. The number of benzene rings is 1. The molecule has 0 amide bonds. The van der Waals surface area contributed by atoms with Gasteiger partial charge in [-0.25, -0.2) is 0 Å². The second-order valence-corrected chi connectivity index (χ2v) is 4.32. The van der Waals surface area contributed by atoms with Gasteiger partial charge in [-0.2, -0.15) is 0 Å². The highest BCUT2D eigenvalue weighted by Gasteiger charge is 1.99. The Kier molecular flexibility index (Phi) is 6.99. The van der Waals surface area contributed by atoms with Gasteiger partial charge in [0.25, 0.3) is 0 Å². The summed E-state index contributed by atoms with van der Waals surface area (Å²) in [6.45, 7) is 3.28. The number of rotatable bonds is 2. The lowest BCUT2D eigenvalue weighted by atomic mass is 10.2. The first kappa shape index (κ1) is 14.1. The Balaban J connectivity index is 0.000000288. The molecule has 0 aliphatic rings. The molecule has 0 spiro atoms. The first-order valence-corrected chi connectivity index (χ1v) is 5.31. The van der Waals surface area contributed by atoms with E-state index in [4.69, 9.17) is 17.3 Å². The molecule has 0 aliphatic heterocycles. The molecule has 2 nitrogen and oxygen atoms in total. The Hall–Kier alpha value is -0.870. The number of hydrogen-bond acceptors (Lipinski definition) is 2. The van der Waals surface area contributed by atoms with Crippen molar-refractivity contribution in [2.45, 2.75) is 13.8 Å². The summed E-state index contributed by atoms with van der Waals surface area (Å²) < 4.78 is 0.649. The van der Waals surface area contributed by atoms with Crippen LogP contribution in [-0.4, -0.2) is 15.3 Å². The lowest BCUT2D eigenvalue weighted by molar-refractivity contribution is -0.140. The predicted octanol–water partition coefficient (Wildman–Crippen LogP) is 3.02. The molecule has 0 bridgehead atoms. The summed E-state index contributed by atoms with van der Waals surface area (Å²) in [5, 5.41) is 7.99. The molecular formula is C11H14O2S2. The zero-order valence-corrected chi connectivity index (χ0v) is 10.4. The summed E-state index contributed by atoms with van der Waals surface area (Å²) in [4.78, 5) is 9.70. The number of aliphatic carboxylic acids is 1. The van der Waals surface area contributed by atoms with Gasteiger partial charge in [0.15, 0.2) is 0 Å². The van der Waals surface area contributed by atoms with Crippen molar-refractivity contribution >= 4 is 35.0 Å². The molecule has 1 aromatic carbocycles. The standard InChI is InChI=1S/C7H6S2.C4H8O2/c8-7(9)6-4-2-1-3-5-6;1-3(2)4(5)6/h1-5H,(H,8,9);3H,1-2H3,(H,5,6). The number of carboxylic acids is 1. The minimum atomic E-state index is -0.741. The van der Waals surface area contributed by atoms with Crippen molar-refractivity contribution in [1.29, 1.82) is 0 Å². The van der Waals surface area contributed by atoms with Crippen molar-refractivity contribution in [2.75, 3.05) is 0 Å². The second kappa shape index (κ2) is 7.43. The van der Waals surface area contributed by atoms with Gasteiger partial charge in [-0.1, -0.05) is 56.4 Å². The minimum absolute atomic E-state index is 0.231. The molecule has 0 saturated heterocycles. The zero-order valence-electron chi connectivity index (χ0n) is 8.68. The van der Waals surface area contributed by atoms with Gasteiger partial charge >= 0.3 is 5.97 Å². The molecule has 15 heavy (non-hydrogen) atoms. The second-order valence-electron chi connectivity index (χ2n) is 3.16. The number of thiol groups is 1. The third-order valence-electron chi connectivity index (χ3n) is 1.51. The Morgan fingerprint density at radius 2 is 1.73 bits per heavy atom. The summed E-state index contributed by atoms with van der Waals surface area (Å²) in [6.07, 6.45) is 0. The molecule has 0 fully saturated rings. The lowest BCUT2D eigenvalue weighted by Crippen LogP contribution is -2.03. The predicted molar refractivity (Wildman–Crippen MR) is 69.6 cm³/mol. The Labute approximate surface area is 101 Å². The van der Waals surface area contributed by atoms with E-state index in [0.29, 0.717) is 4.20 Å². The van der Waals surface area contributed by atoms with Crippen LogP contribution in [0, 0.1) is 5.92 Å². The van der Waals surface area contributed by atoms with Crippen LogP contribution in [0.2, 0.25) is 0 Å². The Bertz CT molecular complexity index is 321. The molecule has 0 aromatic heterocycles. The molecule has 0 atom stereocenters. The summed E-state index contributed by atoms with van der Waals surface area (Å²) in [7, 11) is 0. The third-order valence-corrected chi connectivity index (χ3v) is 2.01. The number of carboxylic acid groups (broad SMARTS) is 1. The SMILES string of the molecule is CC(C)C(=O)O.S=C(S)c1ccccc1. The van der Waals surface area contributed by atoms with Crippen LogP contribution in [0.25, 0.3) is 0 Å². The monoisotopic (exact) mass is 242 g/mol. The van der Waals surface area contributed by atoms with E-state index in [1.807, 2.05) is 30.3 Å². The molecule has 0 saturated carbocycles. The molecule has 1 rings (SSSR count). The van der Waals surface area contributed by atoms with Gasteiger partial charge in [0.05, 0.1) is 10.1 Å². The maximum Gasteiger partial charge on any atom is 0.305 e. The fourth-order valence-electron chi connectivity index (χ4n) is 0.581. The van der Waals surface area contributed by atoms with Crippen LogP contribution in [0.1, 0.15) is 19.4 Å². The topological polar surface area (TPSA) is 37.3 Å². The van der Waals surface area contributed by atoms with E-state index in [1.54, 1.807) is 13.8 Å². The average molecular weight is 242 g/mol. The van der Waals surface area contributed by atoms with Crippen molar-refractivity contribution in [3.8, 4) is 0 Å². The van der Waals surface area contributed by atoms with Gasteiger partial charge in [-0.15, -0.1) is 12.6 Å². The molecule has 82 valence electrons. The van der Waals surface area contributed by atoms with Crippen molar-refractivity contribution in [3.05, 3.63) is 35.9 Å². The number of thiocarbonyl (C=S) groups is 1. The summed E-state index contributed by atoms with van der Waals surface area (Å²) >= 11 is 8.85. The first-order chi connectivity index (χ1) is 6.95. The van der Waals surface area contributed by atoms with Gasteiger partial charge in [0.2, 0.25) is 0 Å². The van der Waals surface area contributed by atoms with Gasteiger partial charge in [0, 0.05) is 0 Å². The molecule has 0 radical (unpaired) electrons. The van der Waals surface area contributed by atoms with Crippen LogP contribution < -0.4 is 0 Å². The van der Waals surface area contributed by atoms with Crippen LogP contribution >= 0.6 is 24.8 Å². The van der Waals surface area contributed by atoms with E-state index in [1.165, 1.54) is 0 Å². The van der Waals surface area contributed by atoms with Crippen LogP contribution in [0.4, 0.5) is 0 Å².